The van der Waals surface area contributed by atoms with Gasteiger partial charge < -0.3 is 16.0 Å². The minimum Gasteiger partial charge on any atom is -0.388 e. The zero-order valence-electron chi connectivity index (χ0n) is 15.4. The summed E-state index contributed by atoms with van der Waals surface area (Å²) in [6.07, 6.45) is 13.0. The number of rotatable bonds is 7. The lowest BCUT2D eigenvalue weighted by Crippen LogP contribution is -2.45. The summed E-state index contributed by atoms with van der Waals surface area (Å²) in [6.45, 7) is 3.17. The number of hydrogen-bond acceptors (Lipinski definition) is 4. The number of pyridine rings is 1. The van der Waals surface area contributed by atoms with E-state index in [-0.39, 0.29) is 0 Å². The highest BCUT2D eigenvalue weighted by molar-refractivity contribution is 5.66. The van der Waals surface area contributed by atoms with Crippen LogP contribution in [0, 0.1) is 11.8 Å². The van der Waals surface area contributed by atoms with Crippen molar-refractivity contribution in [3.63, 3.8) is 0 Å². The van der Waals surface area contributed by atoms with E-state index in [0.717, 1.165) is 23.7 Å². The molecule has 4 rings (SSSR count). The highest BCUT2D eigenvalue weighted by Crippen LogP contribution is 2.37. The normalized spacial score (nSPS) is 26.8. The Morgan fingerprint density at radius 2 is 2.24 bits per heavy atom. The molecule has 0 spiro atoms. The van der Waals surface area contributed by atoms with Gasteiger partial charge in [0.1, 0.15) is 0 Å². The molecule has 4 heteroatoms. The summed E-state index contributed by atoms with van der Waals surface area (Å²) in [5.74, 6) is 1.66. The van der Waals surface area contributed by atoms with Gasteiger partial charge in [0.25, 0.3) is 0 Å². The van der Waals surface area contributed by atoms with E-state index in [0.29, 0.717) is 12.1 Å². The molecule has 2 heterocycles. The second-order valence-corrected chi connectivity index (χ2v) is 7.71. The molecule has 134 valence electrons. The maximum Gasteiger partial charge on any atom is 0.0934 e. The van der Waals surface area contributed by atoms with Gasteiger partial charge >= 0.3 is 0 Å². The predicted molar refractivity (Wildman–Crippen MR) is 103 cm³/mol. The van der Waals surface area contributed by atoms with E-state index in [9.17, 15) is 0 Å². The predicted octanol–water partition coefficient (Wildman–Crippen LogP) is 1.23. The molecule has 1 aliphatic heterocycles. The third kappa shape index (κ3) is 3.45. The molecule has 1 aromatic rings. The Balaban J connectivity index is 1.67. The minimum absolute atomic E-state index is 0.394. The van der Waals surface area contributed by atoms with Crippen LogP contribution in [0.3, 0.4) is 0 Å². The Kier molecular flexibility index (Phi) is 4.80. The summed E-state index contributed by atoms with van der Waals surface area (Å²) in [5, 5.41) is 13.2. The lowest BCUT2D eigenvalue weighted by Gasteiger charge is -2.35. The summed E-state index contributed by atoms with van der Waals surface area (Å²) < 4.78 is 0. The second-order valence-electron chi connectivity index (χ2n) is 7.71. The summed E-state index contributed by atoms with van der Waals surface area (Å²) in [4.78, 5) is 4.68. The van der Waals surface area contributed by atoms with Crippen molar-refractivity contribution >= 4 is 11.8 Å². The number of nitrogens with zero attached hydrogens (tertiary/aromatic N) is 1. The first-order valence-electron chi connectivity index (χ1n) is 9.83. The van der Waals surface area contributed by atoms with E-state index in [2.05, 4.69) is 53.2 Å². The Morgan fingerprint density at radius 3 is 2.96 bits per heavy atom. The van der Waals surface area contributed by atoms with Crippen LogP contribution in [-0.2, 0) is 0 Å². The first-order chi connectivity index (χ1) is 12.3. The van der Waals surface area contributed by atoms with Crippen molar-refractivity contribution in [2.24, 2.45) is 11.8 Å². The highest BCUT2D eigenvalue weighted by atomic mass is 15.0. The van der Waals surface area contributed by atoms with E-state index in [1.807, 2.05) is 12.3 Å². The van der Waals surface area contributed by atoms with Gasteiger partial charge in [0.15, 0.2) is 0 Å². The van der Waals surface area contributed by atoms with E-state index >= 15 is 0 Å². The smallest absolute Gasteiger partial charge is 0.0934 e. The third-order valence-corrected chi connectivity index (χ3v) is 5.99. The SMILES string of the molecule is CCC1CC(N/C=C(/C2=c3ncccc3=CCN2)C(NC)C2CC2)C1. The van der Waals surface area contributed by atoms with Gasteiger partial charge in [-0.15, -0.1) is 0 Å². The molecule has 3 aliphatic rings. The standard InChI is InChI=1S/C21H30N4/c1-3-14-11-17(12-14)25-13-18(19(22-2)16-6-7-16)21-20-15(8-10-24-21)5-4-9-23-20/h4-5,8-9,13-14,16-17,19,22,24-25H,3,6-7,10-12H2,1-2H3/b18-13+. The molecule has 25 heavy (non-hydrogen) atoms. The average Bonchev–Trinajstić information content (AvgIpc) is 3.44. The van der Waals surface area contributed by atoms with Gasteiger partial charge in [-0.2, -0.15) is 0 Å². The van der Waals surface area contributed by atoms with Crippen molar-refractivity contribution in [3.05, 3.63) is 40.7 Å². The summed E-state index contributed by atoms with van der Waals surface area (Å²) in [6, 6.07) is 5.22. The molecule has 4 nitrogen and oxygen atoms in total. The van der Waals surface area contributed by atoms with Crippen molar-refractivity contribution in [2.75, 3.05) is 13.6 Å². The monoisotopic (exact) mass is 338 g/mol. The van der Waals surface area contributed by atoms with Crippen molar-refractivity contribution in [2.45, 2.75) is 51.1 Å². The van der Waals surface area contributed by atoms with Crippen LogP contribution in [0.25, 0.3) is 11.8 Å². The molecule has 2 fully saturated rings. The summed E-state index contributed by atoms with van der Waals surface area (Å²) in [7, 11) is 2.09. The fourth-order valence-corrected chi connectivity index (χ4v) is 4.18. The summed E-state index contributed by atoms with van der Waals surface area (Å²) in [5.41, 5.74) is 2.54. The Bertz CT molecular complexity index is 756. The maximum atomic E-state index is 4.68. The van der Waals surface area contributed by atoms with Gasteiger partial charge in [0.2, 0.25) is 0 Å². The summed E-state index contributed by atoms with van der Waals surface area (Å²) >= 11 is 0. The molecule has 2 saturated carbocycles. The van der Waals surface area contributed by atoms with Crippen molar-refractivity contribution < 1.29 is 0 Å². The maximum absolute atomic E-state index is 4.68. The number of hydrogen-bond donors (Lipinski definition) is 3. The lowest BCUT2D eigenvalue weighted by atomic mass is 9.79. The molecule has 1 unspecified atom stereocenters. The number of aromatic nitrogens is 1. The fourth-order valence-electron chi connectivity index (χ4n) is 4.18. The fraction of sp³-hybridized carbons (Fsp3) is 0.571. The molecule has 1 atom stereocenters. The van der Waals surface area contributed by atoms with Crippen LogP contribution in [-0.4, -0.2) is 30.7 Å². The number of fused-ring (bicyclic) bond motifs is 1. The Morgan fingerprint density at radius 1 is 1.40 bits per heavy atom. The molecule has 0 amide bonds. The molecule has 3 N–H and O–H groups in total. The minimum atomic E-state index is 0.394. The van der Waals surface area contributed by atoms with Gasteiger partial charge in [-0.05, 0) is 50.6 Å². The van der Waals surface area contributed by atoms with Crippen LogP contribution in [0.4, 0.5) is 0 Å². The molecular weight excluding hydrogens is 308 g/mol. The lowest BCUT2D eigenvalue weighted by molar-refractivity contribution is 0.233. The molecule has 0 aromatic carbocycles. The van der Waals surface area contributed by atoms with Crippen LogP contribution in [0.2, 0.25) is 0 Å². The van der Waals surface area contributed by atoms with Crippen LogP contribution in [0.5, 0.6) is 0 Å². The topological polar surface area (TPSA) is 49.0 Å². The van der Waals surface area contributed by atoms with E-state index < -0.39 is 0 Å². The van der Waals surface area contributed by atoms with Gasteiger partial charge in [0.05, 0.1) is 11.0 Å². The van der Waals surface area contributed by atoms with Crippen molar-refractivity contribution in [1.29, 1.82) is 0 Å². The Hall–Kier alpha value is -1.81. The molecule has 0 radical (unpaired) electrons. The quantitative estimate of drug-likeness (QED) is 0.700. The van der Waals surface area contributed by atoms with E-state index in [1.54, 1.807) is 0 Å². The molecule has 2 aliphatic carbocycles. The highest BCUT2D eigenvalue weighted by Gasteiger charge is 2.35. The van der Waals surface area contributed by atoms with Crippen molar-refractivity contribution in [3.8, 4) is 0 Å². The van der Waals surface area contributed by atoms with E-state index in [4.69, 9.17) is 0 Å². The van der Waals surface area contributed by atoms with Crippen LogP contribution >= 0.6 is 0 Å². The van der Waals surface area contributed by atoms with E-state index in [1.165, 1.54) is 48.6 Å². The molecule has 0 bridgehead atoms. The molecule has 1 aromatic heterocycles. The van der Waals surface area contributed by atoms with Gasteiger partial charge in [-0.25, -0.2) is 0 Å². The number of likely N-dealkylation sites (N-methyl/N-ethyl adjacent to an activating group) is 1. The van der Waals surface area contributed by atoms with Crippen molar-refractivity contribution in [1.82, 2.24) is 20.9 Å². The first-order valence-corrected chi connectivity index (χ1v) is 9.83. The van der Waals surface area contributed by atoms with Crippen LogP contribution in [0.15, 0.2) is 30.1 Å². The molecule has 0 saturated heterocycles. The van der Waals surface area contributed by atoms with Crippen LogP contribution in [0.1, 0.15) is 39.0 Å². The second kappa shape index (κ2) is 7.20. The Labute approximate surface area is 150 Å². The molecular formula is C21H30N4. The number of nitrogens with one attached hydrogen (secondary N) is 3. The van der Waals surface area contributed by atoms with Gasteiger partial charge in [-0.1, -0.05) is 25.5 Å². The van der Waals surface area contributed by atoms with Gasteiger partial charge in [-0.3, -0.25) is 4.98 Å². The largest absolute Gasteiger partial charge is 0.388 e. The first kappa shape index (κ1) is 16.6. The van der Waals surface area contributed by atoms with Crippen LogP contribution < -0.4 is 26.5 Å². The zero-order chi connectivity index (χ0) is 17.2. The average molecular weight is 338 g/mol. The van der Waals surface area contributed by atoms with Gasteiger partial charge in [0, 0.05) is 41.8 Å². The third-order valence-electron chi connectivity index (χ3n) is 5.99. The zero-order valence-corrected chi connectivity index (χ0v) is 15.4.